The molecule has 1 nitrogen and oxygen atoms in total. The molecule has 1 saturated carbocycles. The monoisotopic (exact) mass is 303 g/mol. The van der Waals surface area contributed by atoms with Crippen molar-refractivity contribution in [3.8, 4) is 0 Å². The molecule has 1 fully saturated rings. The normalized spacial score (nSPS) is 27.5. The van der Waals surface area contributed by atoms with E-state index in [9.17, 15) is 4.39 Å². The van der Waals surface area contributed by atoms with Crippen LogP contribution in [0.3, 0.4) is 0 Å². The second-order valence-electron chi connectivity index (χ2n) is 5.66. The van der Waals surface area contributed by atoms with Gasteiger partial charge in [0.2, 0.25) is 0 Å². The Bertz CT molecular complexity index is 428. The van der Waals surface area contributed by atoms with Crippen LogP contribution in [0.2, 0.25) is 5.02 Å². The molecule has 1 N–H and O–H groups in total. The highest BCUT2D eigenvalue weighted by atomic mass is 35.5. The number of nitrogens with one attached hydrogen (secondary N) is 1. The third-order valence-corrected chi connectivity index (χ3v) is 4.98. The molecule has 0 bridgehead atoms. The number of benzene rings is 1. The molecule has 1 aliphatic rings. The first-order valence-electron chi connectivity index (χ1n) is 6.80. The van der Waals surface area contributed by atoms with E-state index in [4.69, 9.17) is 23.2 Å². The van der Waals surface area contributed by atoms with E-state index >= 15 is 0 Å². The zero-order chi connectivity index (χ0) is 13.9. The molecule has 19 heavy (non-hydrogen) atoms. The standard InChI is InChI=1S/C15H20Cl2FN/c1-11-5-7-15(10-16,8-6-11)19-9-12-3-2-4-13(17)14(12)18/h2-4,11,19H,5-10H2,1H3. The Kier molecular flexibility index (Phi) is 5.10. The van der Waals surface area contributed by atoms with Crippen molar-refractivity contribution in [2.75, 3.05) is 5.88 Å². The minimum Gasteiger partial charge on any atom is -0.306 e. The second-order valence-corrected chi connectivity index (χ2v) is 6.34. The second kappa shape index (κ2) is 6.43. The summed E-state index contributed by atoms with van der Waals surface area (Å²) >= 11 is 11.9. The zero-order valence-electron chi connectivity index (χ0n) is 11.2. The van der Waals surface area contributed by atoms with Crippen LogP contribution in [0.1, 0.15) is 38.2 Å². The first-order valence-corrected chi connectivity index (χ1v) is 7.71. The van der Waals surface area contributed by atoms with Gasteiger partial charge < -0.3 is 5.32 Å². The van der Waals surface area contributed by atoms with Gasteiger partial charge in [0.1, 0.15) is 5.82 Å². The SMILES string of the molecule is CC1CCC(CCl)(NCc2cccc(Cl)c2F)CC1. The van der Waals surface area contributed by atoms with Gasteiger partial charge >= 0.3 is 0 Å². The number of hydrogen-bond donors (Lipinski definition) is 1. The van der Waals surface area contributed by atoms with Crippen LogP contribution in [0.5, 0.6) is 0 Å². The van der Waals surface area contributed by atoms with Gasteiger partial charge in [0.05, 0.1) is 5.02 Å². The molecule has 106 valence electrons. The zero-order valence-corrected chi connectivity index (χ0v) is 12.7. The quantitative estimate of drug-likeness (QED) is 0.791. The van der Waals surface area contributed by atoms with E-state index < -0.39 is 0 Å². The highest BCUT2D eigenvalue weighted by Gasteiger charge is 2.33. The van der Waals surface area contributed by atoms with Gasteiger partial charge in [0.25, 0.3) is 0 Å². The molecule has 0 aliphatic heterocycles. The smallest absolute Gasteiger partial charge is 0.146 e. The van der Waals surface area contributed by atoms with Crippen LogP contribution in [0, 0.1) is 11.7 Å². The minimum atomic E-state index is -0.328. The van der Waals surface area contributed by atoms with Gasteiger partial charge in [0, 0.05) is 23.5 Å². The molecule has 2 rings (SSSR count). The fourth-order valence-electron chi connectivity index (χ4n) is 2.64. The lowest BCUT2D eigenvalue weighted by molar-refractivity contribution is 0.215. The fourth-order valence-corrected chi connectivity index (χ4v) is 3.20. The molecule has 0 aromatic heterocycles. The van der Waals surface area contributed by atoms with Crippen LogP contribution in [0.4, 0.5) is 4.39 Å². The number of alkyl halides is 1. The molecular formula is C15H20Cl2FN. The molecule has 0 spiro atoms. The van der Waals surface area contributed by atoms with Crippen LogP contribution in [0.25, 0.3) is 0 Å². The van der Waals surface area contributed by atoms with Gasteiger partial charge in [-0.3, -0.25) is 0 Å². The van der Waals surface area contributed by atoms with Crippen LogP contribution in [-0.2, 0) is 6.54 Å². The topological polar surface area (TPSA) is 12.0 Å². The van der Waals surface area contributed by atoms with Crippen molar-refractivity contribution in [1.29, 1.82) is 0 Å². The van der Waals surface area contributed by atoms with Crippen molar-refractivity contribution in [2.45, 2.75) is 44.7 Å². The van der Waals surface area contributed by atoms with Crippen LogP contribution < -0.4 is 5.32 Å². The number of hydrogen-bond acceptors (Lipinski definition) is 1. The van der Waals surface area contributed by atoms with Crippen LogP contribution in [0.15, 0.2) is 18.2 Å². The lowest BCUT2D eigenvalue weighted by Crippen LogP contribution is -2.49. The maximum absolute atomic E-state index is 13.8. The molecule has 0 atom stereocenters. The predicted molar refractivity (Wildman–Crippen MR) is 79.3 cm³/mol. The summed E-state index contributed by atoms with van der Waals surface area (Å²) in [4.78, 5) is 0. The number of rotatable bonds is 4. The minimum absolute atomic E-state index is 0.0528. The summed E-state index contributed by atoms with van der Waals surface area (Å²) in [5.41, 5.74) is 0.554. The highest BCUT2D eigenvalue weighted by molar-refractivity contribution is 6.30. The van der Waals surface area contributed by atoms with E-state index in [-0.39, 0.29) is 16.4 Å². The first-order chi connectivity index (χ1) is 9.06. The molecule has 1 aromatic carbocycles. The van der Waals surface area contributed by atoms with Crippen molar-refractivity contribution in [3.63, 3.8) is 0 Å². The summed E-state index contributed by atoms with van der Waals surface area (Å²) < 4.78 is 13.8. The van der Waals surface area contributed by atoms with Gasteiger partial charge in [-0.25, -0.2) is 4.39 Å². The predicted octanol–water partition coefficient (Wildman–Crippen LogP) is 4.76. The largest absolute Gasteiger partial charge is 0.306 e. The van der Waals surface area contributed by atoms with Crippen LogP contribution in [-0.4, -0.2) is 11.4 Å². The van der Waals surface area contributed by atoms with Crippen molar-refractivity contribution in [3.05, 3.63) is 34.6 Å². The van der Waals surface area contributed by atoms with Crippen molar-refractivity contribution in [1.82, 2.24) is 5.32 Å². The molecule has 0 heterocycles. The molecule has 0 radical (unpaired) electrons. The van der Waals surface area contributed by atoms with E-state index in [1.807, 2.05) is 0 Å². The van der Waals surface area contributed by atoms with Gasteiger partial charge in [-0.05, 0) is 37.7 Å². The van der Waals surface area contributed by atoms with E-state index in [2.05, 4.69) is 12.2 Å². The highest BCUT2D eigenvalue weighted by Crippen LogP contribution is 2.33. The molecule has 1 aliphatic carbocycles. The molecule has 0 unspecified atom stereocenters. The van der Waals surface area contributed by atoms with Gasteiger partial charge in [0.15, 0.2) is 0 Å². The van der Waals surface area contributed by atoms with E-state index in [1.54, 1.807) is 18.2 Å². The summed E-state index contributed by atoms with van der Waals surface area (Å²) in [6.45, 7) is 2.75. The van der Waals surface area contributed by atoms with Gasteiger partial charge in [-0.1, -0.05) is 30.7 Å². The van der Waals surface area contributed by atoms with Crippen LogP contribution >= 0.6 is 23.2 Å². The lowest BCUT2D eigenvalue weighted by Gasteiger charge is -2.39. The van der Waals surface area contributed by atoms with Gasteiger partial charge in [-0.2, -0.15) is 0 Å². The third kappa shape index (κ3) is 3.62. The fraction of sp³-hybridized carbons (Fsp3) is 0.600. The summed E-state index contributed by atoms with van der Waals surface area (Å²) in [6.07, 6.45) is 4.47. The van der Waals surface area contributed by atoms with Crippen molar-refractivity contribution in [2.24, 2.45) is 5.92 Å². The average Bonchev–Trinajstić information content (AvgIpc) is 2.43. The summed E-state index contributed by atoms with van der Waals surface area (Å²) in [5.74, 6) is 1.01. The third-order valence-electron chi connectivity index (χ3n) is 4.17. The van der Waals surface area contributed by atoms with Crippen molar-refractivity contribution >= 4 is 23.2 Å². The summed E-state index contributed by atoms with van der Waals surface area (Å²) in [7, 11) is 0. The van der Waals surface area contributed by atoms with E-state index in [1.165, 1.54) is 12.8 Å². The Morgan fingerprint density at radius 3 is 2.68 bits per heavy atom. The van der Waals surface area contributed by atoms with Gasteiger partial charge in [-0.15, -0.1) is 11.6 Å². The first kappa shape index (κ1) is 15.1. The molecular weight excluding hydrogens is 284 g/mol. The maximum atomic E-state index is 13.8. The molecule has 0 saturated heterocycles. The molecule has 4 heteroatoms. The Morgan fingerprint density at radius 1 is 1.37 bits per heavy atom. The molecule has 0 amide bonds. The Balaban J connectivity index is 2.02. The number of halogens is 3. The van der Waals surface area contributed by atoms with Crippen molar-refractivity contribution < 1.29 is 4.39 Å². The lowest BCUT2D eigenvalue weighted by atomic mass is 9.78. The van der Waals surface area contributed by atoms with E-state index in [0.29, 0.717) is 18.0 Å². The Hall–Kier alpha value is -0.310. The Morgan fingerprint density at radius 2 is 2.05 bits per heavy atom. The molecule has 1 aromatic rings. The summed E-state index contributed by atoms with van der Waals surface area (Å²) in [5, 5.41) is 3.64. The maximum Gasteiger partial charge on any atom is 0.146 e. The average molecular weight is 304 g/mol. The Labute approximate surface area is 124 Å². The summed E-state index contributed by atoms with van der Waals surface area (Å²) in [6, 6.07) is 5.11. The van der Waals surface area contributed by atoms with E-state index in [0.717, 1.165) is 18.8 Å².